The molecule has 1 heterocycles. The van der Waals surface area contributed by atoms with Crippen molar-refractivity contribution in [3.8, 4) is 0 Å². The molecule has 0 aromatic carbocycles. The van der Waals surface area contributed by atoms with Crippen LogP contribution in [0.1, 0.15) is 97.3 Å². The lowest BCUT2D eigenvalue weighted by atomic mass is 9.45. The molecule has 5 aliphatic rings. The number of rotatable bonds is 2. The van der Waals surface area contributed by atoms with Crippen molar-refractivity contribution in [2.75, 3.05) is 6.61 Å². The largest absolute Gasteiger partial charge is 0.353 e. The molecule has 4 aliphatic carbocycles. The van der Waals surface area contributed by atoms with Gasteiger partial charge < -0.3 is 9.47 Å². The lowest BCUT2D eigenvalue weighted by Gasteiger charge is -2.60. The van der Waals surface area contributed by atoms with Crippen molar-refractivity contribution < 1.29 is 9.47 Å². The van der Waals surface area contributed by atoms with Crippen LogP contribution in [-0.4, -0.2) is 19.0 Å². The first-order valence-corrected chi connectivity index (χ1v) is 11.9. The van der Waals surface area contributed by atoms with Crippen LogP contribution in [0.2, 0.25) is 0 Å². The topological polar surface area (TPSA) is 18.5 Å². The maximum atomic E-state index is 6.43. The molecule has 0 aromatic rings. The summed E-state index contributed by atoms with van der Waals surface area (Å²) in [5.74, 6) is 3.99. The fourth-order valence-electron chi connectivity index (χ4n) is 8.37. The standard InChI is InChI=1S/C24H40O2/c1-23-12-5-6-20(23)19-9-8-17-16-18(26-22-7-3-4-15-25-22)10-14-24(17,2)21(19)11-13-23/h17-22H,3-16H2,1-2H3/t17-,18?,19-,20-,21-,22?,23-,24-/m0/s1. The second kappa shape index (κ2) is 6.76. The van der Waals surface area contributed by atoms with Crippen LogP contribution >= 0.6 is 0 Å². The van der Waals surface area contributed by atoms with E-state index in [1.54, 1.807) is 0 Å². The molecule has 2 heteroatoms. The Balaban J connectivity index is 1.27. The molecule has 1 aliphatic heterocycles. The zero-order valence-electron chi connectivity index (χ0n) is 17.2. The molecule has 1 saturated heterocycles. The van der Waals surface area contributed by atoms with E-state index >= 15 is 0 Å². The van der Waals surface area contributed by atoms with Gasteiger partial charge in [0.05, 0.1) is 6.10 Å². The van der Waals surface area contributed by atoms with Crippen molar-refractivity contribution in [1.82, 2.24) is 0 Å². The molecule has 5 fully saturated rings. The fourth-order valence-corrected chi connectivity index (χ4v) is 8.37. The Labute approximate surface area is 160 Å². The quantitative estimate of drug-likeness (QED) is 0.536. The summed E-state index contributed by atoms with van der Waals surface area (Å²) in [6, 6.07) is 0. The van der Waals surface area contributed by atoms with Crippen LogP contribution in [-0.2, 0) is 9.47 Å². The third-order valence-electron chi connectivity index (χ3n) is 9.88. The Bertz CT molecular complexity index is 512. The van der Waals surface area contributed by atoms with E-state index < -0.39 is 0 Å². The van der Waals surface area contributed by atoms with Crippen LogP contribution < -0.4 is 0 Å². The van der Waals surface area contributed by atoms with E-state index in [0.717, 1.165) is 36.7 Å². The molecular formula is C24H40O2. The summed E-state index contributed by atoms with van der Waals surface area (Å²) >= 11 is 0. The molecule has 0 N–H and O–H groups in total. The number of hydrogen-bond donors (Lipinski definition) is 0. The van der Waals surface area contributed by atoms with E-state index in [1.165, 1.54) is 77.0 Å². The third-order valence-corrected chi connectivity index (χ3v) is 9.88. The molecule has 148 valence electrons. The van der Waals surface area contributed by atoms with Crippen LogP contribution in [0, 0.1) is 34.5 Å². The Morgan fingerprint density at radius 1 is 0.808 bits per heavy atom. The molecule has 5 rings (SSSR count). The molecule has 0 bridgehead atoms. The summed E-state index contributed by atoms with van der Waals surface area (Å²) < 4.78 is 12.3. The molecular weight excluding hydrogens is 320 g/mol. The van der Waals surface area contributed by atoms with Gasteiger partial charge in [0.25, 0.3) is 0 Å². The summed E-state index contributed by atoms with van der Waals surface area (Å²) in [5.41, 5.74) is 1.29. The Morgan fingerprint density at radius 3 is 2.58 bits per heavy atom. The normalized spacial score (nSPS) is 54.2. The van der Waals surface area contributed by atoms with E-state index in [4.69, 9.17) is 9.47 Å². The molecule has 26 heavy (non-hydrogen) atoms. The summed E-state index contributed by atoms with van der Waals surface area (Å²) in [6.07, 6.45) is 18.7. The van der Waals surface area contributed by atoms with Gasteiger partial charge in [-0.05, 0) is 112 Å². The van der Waals surface area contributed by atoms with Gasteiger partial charge in [-0.15, -0.1) is 0 Å². The first kappa shape index (κ1) is 18.0. The van der Waals surface area contributed by atoms with Crippen molar-refractivity contribution in [1.29, 1.82) is 0 Å². The van der Waals surface area contributed by atoms with Crippen LogP contribution in [0.25, 0.3) is 0 Å². The highest BCUT2D eigenvalue weighted by atomic mass is 16.7. The van der Waals surface area contributed by atoms with Gasteiger partial charge in [-0.1, -0.05) is 20.3 Å². The Morgan fingerprint density at radius 2 is 1.73 bits per heavy atom. The summed E-state index contributed by atoms with van der Waals surface area (Å²) in [7, 11) is 0. The van der Waals surface area contributed by atoms with Gasteiger partial charge in [0, 0.05) is 6.61 Å². The number of hydrogen-bond acceptors (Lipinski definition) is 2. The van der Waals surface area contributed by atoms with Gasteiger partial charge >= 0.3 is 0 Å². The molecule has 8 atom stereocenters. The molecule has 2 nitrogen and oxygen atoms in total. The summed E-state index contributed by atoms with van der Waals surface area (Å²) in [4.78, 5) is 0. The lowest BCUT2D eigenvalue weighted by Crippen LogP contribution is -2.53. The van der Waals surface area contributed by atoms with Crippen molar-refractivity contribution >= 4 is 0 Å². The maximum absolute atomic E-state index is 6.43. The minimum absolute atomic E-state index is 0.100. The predicted molar refractivity (Wildman–Crippen MR) is 105 cm³/mol. The highest BCUT2D eigenvalue weighted by molar-refractivity contribution is 5.07. The average molecular weight is 361 g/mol. The highest BCUT2D eigenvalue weighted by Gasteiger charge is 2.57. The second-order valence-electron chi connectivity index (χ2n) is 11.1. The predicted octanol–water partition coefficient (Wildman–Crippen LogP) is 6.33. The van der Waals surface area contributed by atoms with Crippen LogP contribution in [0.4, 0.5) is 0 Å². The lowest BCUT2D eigenvalue weighted by molar-refractivity contribution is -0.211. The van der Waals surface area contributed by atoms with Crippen molar-refractivity contribution in [3.05, 3.63) is 0 Å². The van der Waals surface area contributed by atoms with Gasteiger partial charge in [-0.25, -0.2) is 0 Å². The van der Waals surface area contributed by atoms with Crippen LogP contribution in [0.5, 0.6) is 0 Å². The number of ether oxygens (including phenoxy) is 2. The zero-order chi connectivity index (χ0) is 17.8. The first-order valence-electron chi connectivity index (χ1n) is 11.9. The minimum Gasteiger partial charge on any atom is -0.353 e. The maximum Gasteiger partial charge on any atom is 0.157 e. The molecule has 4 saturated carbocycles. The van der Waals surface area contributed by atoms with Crippen LogP contribution in [0.15, 0.2) is 0 Å². The molecule has 0 aromatic heterocycles. The average Bonchev–Trinajstić information content (AvgIpc) is 3.05. The van der Waals surface area contributed by atoms with E-state index in [9.17, 15) is 0 Å². The van der Waals surface area contributed by atoms with Crippen molar-refractivity contribution in [3.63, 3.8) is 0 Å². The number of fused-ring (bicyclic) bond motifs is 5. The van der Waals surface area contributed by atoms with E-state index in [-0.39, 0.29) is 6.29 Å². The van der Waals surface area contributed by atoms with Crippen molar-refractivity contribution in [2.45, 2.75) is 110 Å². The SMILES string of the molecule is C[C@@]12CCC[C@H]1[C@@H]1CC[C@H]3CC(OC4CCCCO4)CC[C@]3(C)[C@H]1CC2. The van der Waals surface area contributed by atoms with Crippen LogP contribution in [0.3, 0.4) is 0 Å². The molecule has 0 amide bonds. The molecule has 0 radical (unpaired) electrons. The molecule has 2 unspecified atom stereocenters. The third kappa shape index (κ3) is 2.89. The highest BCUT2D eigenvalue weighted by Crippen LogP contribution is 2.66. The summed E-state index contributed by atoms with van der Waals surface area (Å²) in [6.45, 7) is 6.21. The van der Waals surface area contributed by atoms with Gasteiger partial charge in [0.15, 0.2) is 6.29 Å². The van der Waals surface area contributed by atoms with Gasteiger partial charge in [0.1, 0.15) is 0 Å². The monoisotopic (exact) mass is 360 g/mol. The van der Waals surface area contributed by atoms with E-state index in [1.807, 2.05) is 0 Å². The first-order chi connectivity index (χ1) is 12.6. The van der Waals surface area contributed by atoms with E-state index in [0.29, 0.717) is 16.9 Å². The molecule has 0 spiro atoms. The van der Waals surface area contributed by atoms with Gasteiger partial charge in [0.2, 0.25) is 0 Å². The Hall–Kier alpha value is -0.0800. The van der Waals surface area contributed by atoms with E-state index in [2.05, 4.69) is 13.8 Å². The van der Waals surface area contributed by atoms with Crippen molar-refractivity contribution in [2.24, 2.45) is 34.5 Å². The van der Waals surface area contributed by atoms with Gasteiger partial charge in [-0.2, -0.15) is 0 Å². The van der Waals surface area contributed by atoms with Gasteiger partial charge in [-0.3, -0.25) is 0 Å². The fraction of sp³-hybridized carbons (Fsp3) is 1.00. The summed E-state index contributed by atoms with van der Waals surface area (Å²) in [5, 5.41) is 0. The smallest absolute Gasteiger partial charge is 0.157 e. The zero-order valence-corrected chi connectivity index (χ0v) is 17.2. The minimum atomic E-state index is 0.100. The second-order valence-corrected chi connectivity index (χ2v) is 11.1. The Kier molecular flexibility index (Phi) is 4.68.